The number of nitrogens with one attached hydrogen (secondary N) is 2. The van der Waals surface area contributed by atoms with Crippen molar-refractivity contribution in [3.05, 3.63) is 58.5 Å². The van der Waals surface area contributed by atoms with E-state index >= 15 is 0 Å². The summed E-state index contributed by atoms with van der Waals surface area (Å²) in [6.07, 6.45) is 1.58. The first-order valence-electron chi connectivity index (χ1n) is 5.52. The number of carbonyl (C=O) groups is 1. The molecule has 18 heavy (non-hydrogen) atoms. The molecule has 0 atom stereocenters. The highest BCUT2D eigenvalue weighted by molar-refractivity contribution is 9.10. The highest BCUT2D eigenvalue weighted by Crippen LogP contribution is 2.10. The Morgan fingerprint density at radius 1 is 1.11 bits per heavy atom. The van der Waals surface area contributed by atoms with Gasteiger partial charge >= 0.3 is 6.03 Å². The van der Waals surface area contributed by atoms with Gasteiger partial charge in [-0.1, -0.05) is 28.1 Å². The Balaban J connectivity index is 1.73. The fraction of sp³-hybridized carbons (Fsp3) is 0.154. The molecule has 2 N–H and O–H groups in total. The van der Waals surface area contributed by atoms with Crippen molar-refractivity contribution in [3.63, 3.8) is 0 Å². The lowest BCUT2D eigenvalue weighted by Crippen LogP contribution is -2.34. The second-order valence-corrected chi connectivity index (χ2v) is 4.66. The first kappa shape index (κ1) is 12.7. The van der Waals surface area contributed by atoms with Gasteiger partial charge in [-0.05, 0) is 29.8 Å². The Morgan fingerprint density at radius 2 is 1.83 bits per heavy atom. The maximum atomic E-state index is 11.5. The van der Waals surface area contributed by atoms with Crippen LogP contribution in [0.1, 0.15) is 11.3 Å². The lowest BCUT2D eigenvalue weighted by atomic mass is 10.2. The smallest absolute Gasteiger partial charge is 0.315 e. The minimum atomic E-state index is -0.214. The molecular weight excluding hydrogens is 296 g/mol. The number of halogens is 1. The minimum Gasteiger partial charge on any atom is -0.467 e. The summed E-state index contributed by atoms with van der Waals surface area (Å²) in [7, 11) is 0. The van der Waals surface area contributed by atoms with Gasteiger partial charge < -0.3 is 15.1 Å². The van der Waals surface area contributed by atoms with Crippen molar-refractivity contribution in [2.24, 2.45) is 0 Å². The average molecular weight is 309 g/mol. The van der Waals surface area contributed by atoms with E-state index < -0.39 is 0 Å². The molecule has 0 bridgehead atoms. The van der Waals surface area contributed by atoms with E-state index in [1.54, 1.807) is 12.3 Å². The lowest BCUT2D eigenvalue weighted by molar-refractivity contribution is 0.239. The van der Waals surface area contributed by atoms with Gasteiger partial charge in [0.25, 0.3) is 0 Å². The summed E-state index contributed by atoms with van der Waals surface area (Å²) in [5, 5.41) is 5.49. The third-order valence-corrected chi connectivity index (χ3v) is 2.90. The number of rotatable bonds is 4. The second kappa shape index (κ2) is 6.26. The summed E-state index contributed by atoms with van der Waals surface area (Å²) in [6.45, 7) is 0.885. The van der Waals surface area contributed by atoms with E-state index in [1.807, 2.05) is 30.3 Å². The van der Waals surface area contributed by atoms with Crippen LogP contribution >= 0.6 is 15.9 Å². The first-order valence-corrected chi connectivity index (χ1v) is 6.32. The molecule has 0 saturated carbocycles. The Kier molecular flexibility index (Phi) is 4.41. The molecule has 94 valence electrons. The van der Waals surface area contributed by atoms with Crippen LogP contribution < -0.4 is 10.6 Å². The van der Waals surface area contributed by atoms with E-state index in [4.69, 9.17) is 4.42 Å². The molecule has 2 rings (SSSR count). The SMILES string of the molecule is O=C(NCc1ccc(Br)cc1)NCc1ccco1. The van der Waals surface area contributed by atoms with Gasteiger partial charge in [0.2, 0.25) is 0 Å². The van der Waals surface area contributed by atoms with Crippen molar-refractivity contribution in [2.45, 2.75) is 13.1 Å². The molecule has 0 unspecified atom stereocenters. The quantitative estimate of drug-likeness (QED) is 0.912. The standard InChI is InChI=1S/C13H13BrN2O2/c14-11-5-3-10(4-6-11)8-15-13(17)16-9-12-2-1-7-18-12/h1-7H,8-9H2,(H2,15,16,17). The summed E-state index contributed by atoms with van der Waals surface area (Å²) in [4.78, 5) is 11.5. The summed E-state index contributed by atoms with van der Waals surface area (Å²) < 4.78 is 6.13. The zero-order valence-corrected chi connectivity index (χ0v) is 11.2. The normalized spacial score (nSPS) is 10.1. The van der Waals surface area contributed by atoms with Gasteiger partial charge in [0, 0.05) is 11.0 Å². The maximum absolute atomic E-state index is 11.5. The third-order valence-electron chi connectivity index (χ3n) is 2.37. The van der Waals surface area contributed by atoms with Crippen molar-refractivity contribution in [1.82, 2.24) is 10.6 Å². The molecule has 2 amide bonds. The molecule has 1 heterocycles. The number of hydrogen-bond donors (Lipinski definition) is 2. The van der Waals surface area contributed by atoms with Crippen LogP contribution in [0.25, 0.3) is 0 Å². The first-order chi connectivity index (χ1) is 8.74. The van der Waals surface area contributed by atoms with Crippen LogP contribution in [0.3, 0.4) is 0 Å². The van der Waals surface area contributed by atoms with Crippen molar-refractivity contribution in [2.75, 3.05) is 0 Å². The molecule has 1 aromatic heterocycles. The highest BCUT2D eigenvalue weighted by Gasteiger charge is 2.01. The maximum Gasteiger partial charge on any atom is 0.315 e. The predicted molar refractivity (Wildman–Crippen MR) is 71.9 cm³/mol. The number of amides is 2. The van der Waals surface area contributed by atoms with Gasteiger partial charge in [-0.15, -0.1) is 0 Å². The number of carbonyl (C=O) groups excluding carboxylic acids is 1. The minimum absolute atomic E-state index is 0.214. The number of urea groups is 1. The Hall–Kier alpha value is -1.75. The van der Waals surface area contributed by atoms with Gasteiger partial charge in [-0.25, -0.2) is 4.79 Å². The van der Waals surface area contributed by atoms with E-state index in [2.05, 4.69) is 26.6 Å². The second-order valence-electron chi connectivity index (χ2n) is 3.74. The molecule has 0 saturated heterocycles. The zero-order valence-electron chi connectivity index (χ0n) is 9.65. The molecule has 1 aromatic carbocycles. The number of benzene rings is 1. The molecule has 4 nitrogen and oxygen atoms in total. The van der Waals surface area contributed by atoms with Crippen LogP contribution in [0.4, 0.5) is 4.79 Å². The molecule has 0 radical (unpaired) electrons. The van der Waals surface area contributed by atoms with E-state index in [-0.39, 0.29) is 6.03 Å². The molecule has 0 fully saturated rings. The zero-order chi connectivity index (χ0) is 12.8. The summed E-state index contributed by atoms with van der Waals surface area (Å²) in [5.41, 5.74) is 1.05. The fourth-order valence-corrected chi connectivity index (χ4v) is 1.69. The molecule has 0 aliphatic heterocycles. The van der Waals surface area contributed by atoms with Crippen LogP contribution in [-0.2, 0) is 13.1 Å². The van der Waals surface area contributed by atoms with Crippen molar-refractivity contribution < 1.29 is 9.21 Å². The average Bonchev–Trinajstić information content (AvgIpc) is 2.89. The molecule has 2 aromatic rings. The van der Waals surface area contributed by atoms with E-state index in [1.165, 1.54) is 0 Å². The van der Waals surface area contributed by atoms with Crippen LogP contribution in [0, 0.1) is 0 Å². The van der Waals surface area contributed by atoms with Gasteiger partial charge in [0.15, 0.2) is 0 Å². The van der Waals surface area contributed by atoms with Gasteiger partial charge in [-0.3, -0.25) is 0 Å². The molecular formula is C13H13BrN2O2. The Morgan fingerprint density at radius 3 is 2.50 bits per heavy atom. The third kappa shape index (κ3) is 3.92. The van der Waals surface area contributed by atoms with Crippen LogP contribution in [0.5, 0.6) is 0 Å². The summed E-state index contributed by atoms with van der Waals surface area (Å²) in [6, 6.07) is 11.2. The number of hydrogen-bond acceptors (Lipinski definition) is 2. The van der Waals surface area contributed by atoms with Crippen molar-refractivity contribution in [3.8, 4) is 0 Å². The molecule has 0 aliphatic rings. The Bertz CT molecular complexity index is 494. The topological polar surface area (TPSA) is 54.3 Å². The lowest BCUT2D eigenvalue weighted by Gasteiger charge is -2.06. The van der Waals surface area contributed by atoms with Crippen LogP contribution in [-0.4, -0.2) is 6.03 Å². The Labute approximate surface area is 114 Å². The van der Waals surface area contributed by atoms with Gasteiger partial charge in [0.1, 0.15) is 5.76 Å². The van der Waals surface area contributed by atoms with Crippen LogP contribution in [0.2, 0.25) is 0 Å². The molecule has 0 spiro atoms. The van der Waals surface area contributed by atoms with Crippen molar-refractivity contribution >= 4 is 22.0 Å². The van der Waals surface area contributed by atoms with Gasteiger partial charge in [-0.2, -0.15) is 0 Å². The summed E-state index contributed by atoms with van der Waals surface area (Å²) >= 11 is 3.36. The fourth-order valence-electron chi connectivity index (χ4n) is 1.43. The largest absolute Gasteiger partial charge is 0.467 e. The number of furan rings is 1. The monoisotopic (exact) mass is 308 g/mol. The molecule has 0 aliphatic carbocycles. The van der Waals surface area contributed by atoms with E-state index in [0.717, 1.165) is 15.8 Å². The van der Waals surface area contributed by atoms with Gasteiger partial charge in [0.05, 0.1) is 12.8 Å². The molecule has 5 heteroatoms. The van der Waals surface area contributed by atoms with E-state index in [9.17, 15) is 4.79 Å². The van der Waals surface area contributed by atoms with Crippen LogP contribution in [0.15, 0.2) is 51.6 Å². The summed E-state index contributed by atoms with van der Waals surface area (Å²) in [5.74, 6) is 0.730. The highest BCUT2D eigenvalue weighted by atomic mass is 79.9. The van der Waals surface area contributed by atoms with E-state index in [0.29, 0.717) is 13.1 Å². The van der Waals surface area contributed by atoms with Crippen molar-refractivity contribution in [1.29, 1.82) is 0 Å². The predicted octanol–water partition coefficient (Wildman–Crippen LogP) is 3.04.